The molecule has 0 aromatic rings. The molecule has 96 valence electrons. The zero-order chi connectivity index (χ0) is 12.8. The van der Waals surface area contributed by atoms with Gasteiger partial charge in [-0.3, -0.25) is 0 Å². The third kappa shape index (κ3) is 2.60. The average Bonchev–Trinajstić information content (AvgIpc) is 2.16. The van der Waals surface area contributed by atoms with E-state index in [9.17, 15) is 26.3 Å². The number of rotatable bonds is 0. The molecule has 0 aromatic carbocycles. The smallest absolute Gasteiger partial charge is 0.245 e. The van der Waals surface area contributed by atoms with Crippen LogP contribution in [-0.2, 0) is 0 Å². The molecular formula is C8H8BrClF6. The Morgan fingerprint density at radius 1 is 1.06 bits per heavy atom. The van der Waals surface area contributed by atoms with E-state index in [1.54, 1.807) is 0 Å². The lowest BCUT2D eigenvalue weighted by molar-refractivity contribution is -0.157. The molecule has 3 unspecified atom stereocenters. The molecule has 0 saturated heterocycles. The predicted molar refractivity (Wildman–Crippen MR) is 51.0 cm³/mol. The van der Waals surface area contributed by atoms with Crippen LogP contribution in [0.15, 0.2) is 0 Å². The Bertz CT molecular complexity index is 255. The van der Waals surface area contributed by atoms with Gasteiger partial charge in [0.1, 0.15) is 11.5 Å². The van der Waals surface area contributed by atoms with Crippen molar-refractivity contribution in [3.05, 3.63) is 0 Å². The largest absolute Gasteiger partial charge is 0.291 e. The average molecular weight is 333 g/mol. The molecule has 2 aliphatic carbocycles. The normalized spacial score (nSPS) is 43.5. The Morgan fingerprint density at radius 3 is 1.50 bits per heavy atom. The lowest BCUT2D eigenvalue weighted by Gasteiger charge is -2.37. The van der Waals surface area contributed by atoms with Gasteiger partial charge in [0.05, 0.1) is 0 Å². The van der Waals surface area contributed by atoms with Crippen LogP contribution < -0.4 is 0 Å². The van der Waals surface area contributed by atoms with Crippen LogP contribution in [0.2, 0.25) is 0 Å². The maximum absolute atomic E-state index is 12.1. The van der Waals surface area contributed by atoms with Gasteiger partial charge in [0.25, 0.3) is 11.8 Å². The van der Waals surface area contributed by atoms with E-state index in [4.69, 9.17) is 11.6 Å². The summed E-state index contributed by atoms with van der Waals surface area (Å²) >= 11 is 7.14. The Labute approximate surface area is 101 Å². The molecule has 0 aromatic heterocycles. The van der Waals surface area contributed by atoms with Crippen molar-refractivity contribution in [2.75, 3.05) is 0 Å². The molecule has 0 N–H and O–H groups in total. The summed E-state index contributed by atoms with van der Waals surface area (Å²) in [5.41, 5.74) is 0. The molecule has 2 aliphatic rings. The molecule has 0 radical (unpaired) electrons. The van der Waals surface area contributed by atoms with E-state index in [1.165, 1.54) is 0 Å². The summed E-state index contributed by atoms with van der Waals surface area (Å²) in [5, 5.41) is -1.58. The number of halogens is 8. The van der Waals surface area contributed by atoms with Gasteiger partial charge in [0.15, 0.2) is 0 Å². The zero-order valence-corrected chi connectivity index (χ0v) is 10.1. The van der Waals surface area contributed by atoms with Crippen LogP contribution in [0.25, 0.3) is 0 Å². The molecule has 2 saturated carbocycles. The van der Waals surface area contributed by atoms with Crippen molar-refractivity contribution in [1.82, 2.24) is 0 Å². The van der Waals surface area contributed by atoms with E-state index in [2.05, 4.69) is 15.9 Å². The van der Waals surface area contributed by atoms with Crippen LogP contribution in [-0.4, -0.2) is 28.0 Å². The van der Waals surface area contributed by atoms with Crippen LogP contribution in [0.1, 0.15) is 19.3 Å². The van der Waals surface area contributed by atoms with E-state index >= 15 is 0 Å². The first kappa shape index (κ1) is 14.4. The first-order valence-electron chi connectivity index (χ1n) is 4.41. The van der Waals surface area contributed by atoms with Crippen LogP contribution in [0.5, 0.6) is 0 Å². The minimum Gasteiger partial charge on any atom is -0.245 e. The monoisotopic (exact) mass is 332 g/mol. The highest BCUT2D eigenvalue weighted by molar-refractivity contribution is 9.10. The molecule has 0 bridgehead atoms. The highest BCUT2D eigenvalue weighted by Crippen LogP contribution is 2.53. The van der Waals surface area contributed by atoms with E-state index in [-0.39, 0.29) is 12.8 Å². The van der Waals surface area contributed by atoms with Gasteiger partial charge in [-0.25, -0.2) is 26.3 Å². The van der Waals surface area contributed by atoms with Crippen LogP contribution in [0.4, 0.5) is 26.3 Å². The second-order valence-corrected chi connectivity index (χ2v) is 5.52. The number of hydrogen-bond donors (Lipinski definition) is 0. The van der Waals surface area contributed by atoms with Gasteiger partial charge in [-0.15, -0.1) is 11.6 Å². The topological polar surface area (TPSA) is 0 Å². The van der Waals surface area contributed by atoms with Gasteiger partial charge in [-0.05, 0) is 15.9 Å². The Balaban J connectivity index is 0.000000160. The van der Waals surface area contributed by atoms with Crippen molar-refractivity contribution in [1.29, 1.82) is 0 Å². The number of hydrogen-bond acceptors (Lipinski definition) is 0. The van der Waals surface area contributed by atoms with Crippen molar-refractivity contribution in [3.8, 4) is 0 Å². The standard InChI is InChI=1S/C4H4BrF3.C4H4ClF3/c5-3(6)1-2-4(3,7)8;5-3-2(6)1-4(3,7)8/h1-2H2;2-3H,1H2. The summed E-state index contributed by atoms with van der Waals surface area (Å²) in [4.78, 5) is 0. The summed E-state index contributed by atoms with van der Waals surface area (Å²) in [5.74, 6) is -6.09. The van der Waals surface area contributed by atoms with Crippen molar-refractivity contribution in [3.63, 3.8) is 0 Å². The van der Waals surface area contributed by atoms with E-state index < -0.39 is 34.4 Å². The molecule has 3 atom stereocenters. The summed E-state index contributed by atoms with van der Waals surface area (Å²) in [6.07, 6.45) is -2.64. The summed E-state index contributed by atoms with van der Waals surface area (Å²) in [6, 6.07) is 0. The fourth-order valence-corrected chi connectivity index (χ4v) is 1.66. The molecule has 16 heavy (non-hydrogen) atoms. The SMILES string of the molecule is FC1(F)CCC1(F)Br.FC1CC(F)(F)C1Cl. The Kier molecular flexibility index (Phi) is 3.81. The van der Waals surface area contributed by atoms with Gasteiger partial charge in [0, 0.05) is 19.3 Å². The van der Waals surface area contributed by atoms with E-state index in [0.717, 1.165) is 0 Å². The van der Waals surface area contributed by atoms with Gasteiger partial charge in [-0.1, -0.05) is 0 Å². The predicted octanol–water partition coefficient (Wildman–Crippen LogP) is 4.45. The van der Waals surface area contributed by atoms with E-state index in [1.807, 2.05) is 0 Å². The van der Waals surface area contributed by atoms with Crippen molar-refractivity contribution >= 4 is 27.5 Å². The summed E-state index contributed by atoms with van der Waals surface area (Å²) in [6.45, 7) is 0. The fourth-order valence-electron chi connectivity index (χ4n) is 1.08. The Hall–Kier alpha value is 0.350. The second-order valence-electron chi connectivity index (χ2n) is 3.79. The highest BCUT2D eigenvalue weighted by Gasteiger charge is 2.61. The molecule has 0 heterocycles. The molecular weight excluding hydrogens is 325 g/mol. The minimum absolute atomic E-state index is 0.0833. The van der Waals surface area contributed by atoms with Gasteiger partial charge in [-0.2, -0.15) is 0 Å². The van der Waals surface area contributed by atoms with Crippen molar-refractivity contribution in [2.24, 2.45) is 0 Å². The highest BCUT2D eigenvalue weighted by atomic mass is 79.9. The third-order valence-electron chi connectivity index (χ3n) is 2.48. The minimum atomic E-state index is -3.13. The van der Waals surface area contributed by atoms with Gasteiger partial charge >= 0.3 is 0 Å². The van der Waals surface area contributed by atoms with Crippen LogP contribution in [0, 0.1) is 0 Å². The second kappa shape index (κ2) is 4.23. The third-order valence-corrected chi connectivity index (χ3v) is 4.05. The molecule has 8 heteroatoms. The van der Waals surface area contributed by atoms with Crippen molar-refractivity contribution in [2.45, 2.75) is 47.2 Å². The first-order chi connectivity index (χ1) is 7.00. The maximum atomic E-state index is 12.1. The number of alkyl halides is 8. The lowest BCUT2D eigenvalue weighted by atomic mass is 9.92. The molecule has 2 rings (SSSR count). The molecule has 2 fully saturated rings. The summed E-state index contributed by atoms with van der Waals surface area (Å²) in [7, 11) is 0. The summed E-state index contributed by atoms with van der Waals surface area (Å²) < 4.78 is 68.9. The lowest BCUT2D eigenvalue weighted by Crippen LogP contribution is -2.50. The first-order valence-corrected chi connectivity index (χ1v) is 5.64. The van der Waals surface area contributed by atoms with Crippen molar-refractivity contribution < 1.29 is 26.3 Å². The van der Waals surface area contributed by atoms with Crippen LogP contribution >= 0.6 is 27.5 Å². The van der Waals surface area contributed by atoms with Crippen LogP contribution in [0.3, 0.4) is 0 Å². The molecule has 0 aliphatic heterocycles. The Morgan fingerprint density at radius 2 is 1.50 bits per heavy atom. The zero-order valence-electron chi connectivity index (χ0n) is 7.80. The van der Waals surface area contributed by atoms with Gasteiger partial charge < -0.3 is 0 Å². The fraction of sp³-hybridized carbons (Fsp3) is 1.00. The molecule has 0 spiro atoms. The molecule has 0 nitrogen and oxygen atoms in total. The van der Waals surface area contributed by atoms with E-state index in [0.29, 0.717) is 0 Å². The maximum Gasteiger partial charge on any atom is 0.291 e. The van der Waals surface area contributed by atoms with Gasteiger partial charge in [0.2, 0.25) is 4.58 Å². The quantitative estimate of drug-likeness (QED) is 0.454. The molecule has 0 amide bonds.